The standard InChI is InChI=1S/C15H20F4N2.C4H4O4/c1-10(2)21(13-5-6-20-8-13)9-11-7-12(16)3-4-14(11)15(17,18)19;5-3(6)1-2-4(7)8/h3-4,7,10,13,20H,5-6,8-9H2,1-2H3;1-2H,(H,5,6)(H,7,8)/b;2-1+/t13-;/m0./s1. The molecule has 162 valence electrons. The number of halogens is 4. The van der Waals surface area contributed by atoms with Crippen LogP contribution in [0.3, 0.4) is 0 Å². The predicted octanol–water partition coefficient (Wildman–Crippen LogP) is 3.13. The van der Waals surface area contributed by atoms with Gasteiger partial charge in [-0.1, -0.05) is 0 Å². The molecule has 29 heavy (non-hydrogen) atoms. The van der Waals surface area contributed by atoms with E-state index in [4.69, 9.17) is 10.2 Å². The molecule has 1 aliphatic heterocycles. The summed E-state index contributed by atoms with van der Waals surface area (Å²) < 4.78 is 52.5. The molecule has 6 nitrogen and oxygen atoms in total. The van der Waals surface area contributed by atoms with E-state index >= 15 is 0 Å². The summed E-state index contributed by atoms with van der Waals surface area (Å²) in [5, 5.41) is 18.8. The van der Waals surface area contributed by atoms with Crippen LogP contribution in [-0.4, -0.2) is 52.2 Å². The summed E-state index contributed by atoms with van der Waals surface area (Å²) in [6, 6.07) is 2.98. The van der Waals surface area contributed by atoms with Gasteiger partial charge >= 0.3 is 18.1 Å². The number of rotatable bonds is 6. The van der Waals surface area contributed by atoms with E-state index in [-0.39, 0.29) is 24.2 Å². The van der Waals surface area contributed by atoms with E-state index in [1.54, 1.807) is 0 Å². The van der Waals surface area contributed by atoms with Crippen LogP contribution in [0.1, 0.15) is 31.4 Å². The van der Waals surface area contributed by atoms with Crippen molar-refractivity contribution in [3.8, 4) is 0 Å². The van der Waals surface area contributed by atoms with Crippen LogP contribution >= 0.6 is 0 Å². The second-order valence-corrected chi connectivity index (χ2v) is 6.72. The Balaban J connectivity index is 0.000000447. The molecule has 0 aromatic heterocycles. The number of nitrogens with zero attached hydrogens (tertiary/aromatic N) is 1. The molecule has 10 heteroatoms. The third-order valence-corrected chi connectivity index (χ3v) is 4.26. The van der Waals surface area contributed by atoms with E-state index in [1.807, 2.05) is 18.7 Å². The van der Waals surface area contributed by atoms with E-state index in [9.17, 15) is 27.2 Å². The highest BCUT2D eigenvalue weighted by molar-refractivity contribution is 5.89. The zero-order valence-electron chi connectivity index (χ0n) is 16.0. The Labute approximate surface area is 165 Å². The summed E-state index contributed by atoms with van der Waals surface area (Å²) in [4.78, 5) is 21.1. The normalized spacial score (nSPS) is 16.9. The molecule has 0 saturated carbocycles. The van der Waals surface area contributed by atoms with Crippen molar-refractivity contribution in [1.82, 2.24) is 10.2 Å². The Morgan fingerprint density at radius 3 is 2.24 bits per heavy atom. The van der Waals surface area contributed by atoms with Crippen LogP contribution in [0.25, 0.3) is 0 Å². The van der Waals surface area contributed by atoms with Crippen molar-refractivity contribution < 1.29 is 37.4 Å². The van der Waals surface area contributed by atoms with Crippen molar-refractivity contribution in [2.45, 2.75) is 45.1 Å². The maximum atomic E-state index is 13.4. The zero-order valence-corrected chi connectivity index (χ0v) is 16.0. The van der Waals surface area contributed by atoms with Gasteiger partial charge in [0, 0.05) is 37.3 Å². The monoisotopic (exact) mass is 420 g/mol. The Kier molecular flexibility index (Phi) is 9.25. The summed E-state index contributed by atoms with van der Waals surface area (Å²) in [5.41, 5.74) is -0.747. The van der Waals surface area contributed by atoms with E-state index < -0.39 is 29.5 Å². The molecule has 1 aromatic carbocycles. The maximum absolute atomic E-state index is 13.4. The number of carboxylic acid groups (broad SMARTS) is 2. The fourth-order valence-electron chi connectivity index (χ4n) is 2.96. The molecule has 1 fully saturated rings. The van der Waals surface area contributed by atoms with Crippen molar-refractivity contribution in [3.63, 3.8) is 0 Å². The molecule has 1 saturated heterocycles. The highest BCUT2D eigenvalue weighted by Crippen LogP contribution is 2.33. The Morgan fingerprint density at radius 2 is 1.83 bits per heavy atom. The van der Waals surface area contributed by atoms with E-state index in [0.29, 0.717) is 12.2 Å². The maximum Gasteiger partial charge on any atom is 0.416 e. The Morgan fingerprint density at radius 1 is 1.24 bits per heavy atom. The first-order valence-corrected chi connectivity index (χ1v) is 8.87. The van der Waals surface area contributed by atoms with Crippen LogP contribution in [0.4, 0.5) is 17.6 Å². The Hall–Kier alpha value is -2.46. The third kappa shape index (κ3) is 8.61. The van der Waals surface area contributed by atoms with Crippen LogP contribution in [0.5, 0.6) is 0 Å². The van der Waals surface area contributed by atoms with Crippen molar-refractivity contribution in [2.75, 3.05) is 13.1 Å². The molecular weight excluding hydrogens is 396 g/mol. The minimum Gasteiger partial charge on any atom is -0.478 e. The number of carbonyl (C=O) groups is 2. The molecule has 0 radical (unpaired) electrons. The minimum atomic E-state index is -4.46. The first-order valence-electron chi connectivity index (χ1n) is 8.87. The quantitative estimate of drug-likeness (QED) is 0.484. The number of hydrogen-bond donors (Lipinski definition) is 3. The highest BCUT2D eigenvalue weighted by Gasteiger charge is 2.35. The average molecular weight is 420 g/mol. The number of alkyl halides is 3. The molecule has 0 unspecified atom stereocenters. The van der Waals surface area contributed by atoms with Gasteiger partial charge in [0.05, 0.1) is 5.56 Å². The lowest BCUT2D eigenvalue weighted by Crippen LogP contribution is -2.41. The zero-order chi connectivity index (χ0) is 22.2. The molecule has 1 aliphatic rings. The van der Waals surface area contributed by atoms with Crippen molar-refractivity contribution in [2.24, 2.45) is 0 Å². The first-order chi connectivity index (χ1) is 13.4. The number of hydrogen-bond acceptors (Lipinski definition) is 4. The van der Waals surface area contributed by atoms with Gasteiger partial charge in [0.1, 0.15) is 5.82 Å². The van der Waals surface area contributed by atoms with Gasteiger partial charge in [0.2, 0.25) is 0 Å². The van der Waals surface area contributed by atoms with E-state index in [1.165, 1.54) is 0 Å². The average Bonchev–Trinajstić information content (AvgIpc) is 3.11. The van der Waals surface area contributed by atoms with Gasteiger partial charge in [-0.25, -0.2) is 14.0 Å². The second kappa shape index (κ2) is 10.9. The molecule has 1 atom stereocenters. The first kappa shape index (κ1) is 24.6. The van der Waals surface area contributed by atoms with Gasteiger partial charge in [-0.2, -0.15) is 13.2 Å². The number of carboxylic acids is 2. The van der Waals surface area contributed by atoms with Crippen LogP contribution in [-0.2, 0) is 22.3 Å². The molecular formula is C19H24F4N2O4. The molecule has 1 aromatic rings. The summed E-state index contributed by atoms with van der Waals surface area (Å²) >= 11 is 0. The van der Waals surface area contributed by atoms with Crippen molar-refractivity contribution >= 4 is 11.9 Å². The topological polar surface area (TPSA) is 89.9 Å². The molecule has 0 aliphatic carbocycles. The van der Waals surface area contributed by atoms with Gasteiger partial charge in [-0.3, -0.25) is 4.90 Å². The van der Waals surface area contributed by atoms with Gasteiger partial charge in [-0.05, 0) is 50.6 Å². The van der Waals surface area contributed by atoms with Crippen LogP contribution in [0.2, 0.25) is 0 Å². The lowest BCUT2D eigenvalue weighted by Gasteiger charge is -2.33. The second-order valence-electron chi connectivity index (χ2n) is 6.72. The van der Waals surface area contributed by atoms with E-state index in [0.717, 1.165) is 37.7 Å². The summed E-state index contributed by atoms with van der Waals surface area (Å²) in [5.74, 6) is -3.15. The number of nitrogens with one attached hydrogen (secondary N) is 1. The highest BCUT2D eigenvalue weighted by atomic mass is 19.4. The molecule has 0 bridgehead atoms. The van der Waals surface area contributed by atoms with Crippen molar-refractivity contribution in [1.29, 1.82) is 0 Å². The SMILES string of the molecule is CC(C)N(Cc1cc(F)ccc1C(F)(F)F)[C@H]1CCNC1.O=C(O)/C=C/C(=O)O. The van der Waals surface area contributed by atoms with Crippen molar-refractivity contribution in [3.05, 3.63) is 47.3 Å². The fourth-order valence-corrected chi connectivity index (χ4v) is 2.96. The lowest BCUT2D eigenvalue weighted by atomic mass is 10.0. The van der Waals surface area contributed by atoms with Crippen LogP contribution in [0, 0.1) is 5.82 Å². The molecule has 3 N–H and O–H groups in total. The molecule has 0 spiro atoms. The van der Waals surface area contributed by atoms with Crippen LogP contribution in [0.15, 0.2) is 30.4 Å². The van der Waals surface area contributed by atoms with Gasteiger partial charge in [-0.15, -0.1) is 0 Å². The number of aliphatic carboxylic acids is 2. The molecule has 0 amide bonds. The summed E-state index contributed by atoms with van der Waals surface area (Å²) in [6.45, 7) is 5.63. The molecule has 2 rings (SSSR count). The van der Waals surface area contributed by atoms with Gasteiger partial charge in [0.15, 0.2) is 0 Å². The minimum absolute atomic E-state index is 0.00287. The smallest absolute Gasteiger partial charge is 0.416 e. The third-order valence-electron chi connectivity index (χ3n) is 4.26. The lowest BCUT2D eigenvalue weighted by molar-refractivity contribution is -0.138. The largest absolute Gasteiger partial charge is 0.478 e. The van der Waals surface area contributed by atoms with Crippen LogP contribution < -0.4 is 5.32 Å². The number of benzene rings is 1. The Bertz CT molecular complexity index is 713. The van der Waals surface area contributed by atoms with Gasteiger partial charge in [0.25, 0.3) is 0 Å². The van der Waals surface area contributed by atoms with Gasteiger partial charge < -0.3 is 15.5 Å². The summed E-state index contributed by atoms with van der Waals surface area (Å²) in [6.07, 6.45) is -2.45. The molecule has 1 heterocycles. The summed E-state index contributed by atoms with van der Waals surface area (Å²) in [7, 11) is 0. The fraction of sp³-hybridized carbons (Fsp3) is 0.474. The predicted molar refractivity (Wildman–Crippen MR) is 97.8 cm³/mol. The van der Waals surface area contributed by atoms with E-state index in [2.05, 4.69) is 5.32 Å².